The predicted molar refractivity (Wildman–Crippen MR) is 88.3 cm³/mol. The van der Waals surface area contributed by atoms with Crippen LogP contribution in [0.2, 0.25) is 0 Å². The molecule has 1 aromatic heterocycles. The summed E-state index contributed by atoms with van der Waals surface area (Å²) in [4.78, 5) is 6.78. The highest BCUT2D eigenvalue weighted by Crippen LogP contribution is 2.14. The molecule has 5 heteroatoms. The van der Waals surface area contributed by atoms with Gasteiger partial charge in [0.05, 0.1) is 7.11 Å². The molecule has 0 radical (unpaired) electrons. The van der Waals surface area contributed by atoms with Crippen molar-refractivity contribution in [2.75, 3.05) is 14.2 Å². The van der Waals surface area contributed by atoms with Crippen LogP contribution in [0.4, 0.5) is 0 Å². The Bertz CT molecular complexity index is 613. The third-order valence-corrected chi connectivity index (χ3v) is 3.37. The smallest absolute Gasteiger partial charge is 0.123 e. The van der Waals surface area contributed by atoms with E-state index in [9.17, 15) is 0 Å². The van der Waals surface area contributed by atoms with Gasteiger partial charge in [-0.3, -0.25) is 9.88 Å². The molecule has 2 aromatic rings. The van der Waals surface area contributed by atoms with E-state index in [4.69, 9.17) is 22.7 Å². The second-order valence-corrected chi connectivity index (χ2v) is 5.34. The summed E-state index contributed by atoms with van der Waals surface area (Å²) < 4.78 is 5.16. The zero-order valence-electron chi connectivity index (χ0n) is 12.2. The molecule has 0 bridgehead atoms. The second kappa shape index (κ2) is 7.15. The molecule has 0 aliphatic carbocycles. The first-order valence-electron chi connectivity index (χ1n) is 6.65. The molecular weight excluding hydrogens is 282 g/mol. The highest BCUT2D eigenvalue weighted by atomic mass is 32.1. The number of rotatable bonds is 6. The van der Waals surface area contributed by atoms with Gasteiger partial charge in [-0.1, -0.05) is 30.4 Å². The molecule has 0 amide bonds. The zero-order valence-corrected chi connectivity index (χ0v) is 13.1. The van der Waals surface area contributed by atoms with E-state index < -0.39 is 0 Å². The summed E-state index contributed by atoms with van der Waals surface area (Å²) in [6.07, 6.45) is 1.71. The third-order valence-electron chi connectivity index (χ3n) is 3.18. The summed E-state index contributed by atoms with van der Waals surface area (Å²) in [7, 11) is 3.72. The van der Waals surface area contributed by atoms with Gasteiger partial charge in [-0.05, 0) is 36.4 Å². The van der Waals surface area contributed by atoms with Gasteiger partial charge in [0, 0.05) is 19.3 Å². The first-order chi connectivity index (χ1) is 10.1. The van der Waals surface area contributed by atoms with Gasteiger partial charge in [-0.15, -0.1) is 0 Å². The fourth-order valence-corrected chi connectivity index (χ4v) is 2.36. The molecule has 4 nitrogen and oxygen atoms in total. The van der Waals surface area contributed by atoms with Gasteiger partial charge in [0.25, 0.3) is 0 Å². The number of hydrogen-bond acceptors (Lipinski definition) is 4. The Morgan fingerprint density at radius 1 is 1.24 bits per heavy atom. The van der Waals surface area contributed by atoms with Gasteiger partial charge < -0.3 is 10.5 Å². The van der Waals surface area contributed by atoms with E-state index in [2.05, 4.69) is 29.1 Å². The van der Waals surface area contributed by atoms with Crippen LogP contribution in [0.1, 0.15) is 16.8 Å². The highest BCUT2D eigenvalue weighted by Gasteiger charge is 2.09. The van der Waals surface area contributed by atoms with Gasteiger partial charge in [-0.25, -0.2) is 0 Å². The maximum Gasteiger partial charge on any atom is 0.123 e. The first-order valence-corrected chi connectivity index (χ1v) is 7.06. The molecule has 2 N–H and O–H groups in total. The van der Waals surface area contributed by atoms with E-state index in [0.717, 1.165) is 24.4 Å². The minimum absolute atomic E-state index is 0.337. The third kappa shape index (κ3) is 4.24. The quantitative estimate of drug-likeness (QED) is 0.830. The fraction of sp³-hybridized carbons (Fsp3) is 0.250. The molecule has 0 unspecified atom stereocenters. The number of methoxy groups -OCH3 is 1. The molecule has 0 saturated carbocycles. The van der Waals surface area contributed by atoms with Crippen LogP contribution in [0, 0.1) is 0 Å². The summed E-state index contributed by atoms with van der Waals surface area (Å²) in [5, 5.41) is 0. The number of hydrogen-bond donors (Lipinski definition) is 1. The van der Waals surface area contributed by atoms with Crippen LogP contribution in [-0.2, 0) is 13.1 Å². The summed E-state index contributed by atoms with van der Waals surface area (Å²) in [5.74, 6) is 0.865. The molecule has 0 atom stereocenters. The molecule has 2 rings (SSSR count). The van der Waals surface area contributed by atoms with Crippen molar-refractivity contribution in [3.8, 4) is 5.75 Å². The van der Waals surface area contributed by atoms with Gasteiger partial charge in [0.2, 0.25) is 0 Å². The number of nitrogens with zero attached hydrogens (tertiary/aromatic N) is 2. The lowest BCUT2D eigenvalue weighted by Gasteiger charge is -2.18. The fourth-order valence-electron chi connectivity index (χ4n) is 2.18. The van der Waals surface area contributed by atoms with E-state index in [1.165, 1.54) is 5.56 Å². The van der Waals surface area contributed by atoms with Crippen molar-refractivity contribution in [2.24, 2.45) is 5.73 Å². The summed E-state index contributed by atoms with van der Waals surface area (Å²) in [5.41, 5.74) is 8.68. The van der Waals surface area contributed by atoms with Gasteiger partial charge >= 0.3 is 0 Å². The molecule has 0 saturated heterocycles. The molecule has 1 aromatic carbocycles. The monoisotopic (exact) mass is 301 g/mol. The Kier molecular flexibility index (Phi) is 5.25. The summed E-state index contributed by atoms with van der Waals surface area (Å²) in [6, 6.07) is 12.0. The van der Waals surface area contributed by atoms with Crippen LogP contribution in [0.3, 0.4) is 0 Å². The minimum atomic E-state index is 0.337. The topological polar surface area (TPSA) is 51.4 Å². The standard InChI is InChI=1S/C16H19N3OS/c1-19(10-12-5-7-14(20-2)8-6-12)11-13-4-3-9-18-15(13)16(17)21/h3-9H,10-11H2,1-2H3,(H2,17,21). The molecular formula is C16H19N3OS. The maximum absolute atomic E-state index is 5.71. The predicted octanol–water partition coefficient (Wildman–Crippen LogP) is 2.36. The lowest BCUT2D eigenvalue weighted by atomic mass is 10.1. The largest absolute Gasteiger partial charge is 0.497 e. The van der Waals surface area contributed by atoms with Crippen molar-refractivity contribution < 1.29 is 4.74 Å². The van der Waals surface area contributed by atoms with E-state index in [1.807, 2.05) is 24.3 Å². The number of ether oxygens (including phenoxy) is 1. The SMILES string of the molecule is COc1ccc(CN(C)Cc2cccnc2C(N)=S)cc1. The van der Waals surface area contributed by atoms with Crippen molar-refractivity contribution in [2.45, 2.75) is 13.1 Å². The maximum atomic E-state index is 5.71. The van der Waals surface area contributed by atoms with E-state index in [-0.39, 0.29) is 0 Å². The number of benzene rings is 1. The zero-order chi connectivity index (χ0) is 15.2. The summed E-state index contributed by atoms with van der Waals surface area (Å²) in [6.45, 7) is 1.57. The highest BCUT2D eigenvalue weighted by molar-refractivity contribution is 7.80. The molecule has 1 heterocycles. The average Bonchev–Trinajstić information content (AvgIpc) is 2.48. The molecule has 0 aliphatic heterocycles. The van der Waals surface area contributed by atoms with E-state index >= 15 is 0 Å². The van der Waals surface area contributed by atoms with Crippen molar-refractivity contribution >= 4 is 17.2 Å². The van der Waals surface area contributed by atoms with Crippen LogP contribution in [0.5, 0.6) is 5.75 Å². The average molecular weight is 301 g/mol. The molecule has 21 heavy (non-hydrogen) atoms. The van der Waals surface area contributed by atoms with Crippen LogP contribution in [0.25, 0.3) is 0 Å². The Hall–Kier alpha value is -1.98. The Morgan fingerprint density at radius 2 is 1.95 bits per heavy atom. The van der Waals surface area contributed by atoms with E-state index in [0.29, 0.717) is 10.7 Å². The van der Waals surface area contributed by atoms with Crippen molar-refractivity contribution in [1.82, 2.24) is 9.88 Å². The van der Waals surface area contributed by atoms with Crippen LogP contribution in [-0.4, -0.2) is 29.0 Å². The number of thiocarbonyl (C=S) groups is 1. The van der Waals surface area contributed by atoms with Crippen molar-refractivity contribution in [3.05, 3.63) is 59.4 Å². The Balaban J connectivity index is 2.04. The summed E-state index contributed by atoms with van der Waals surface area (Å²) >= 11 is 5.04. The van der Waals surface area contributed by atoms with Crippen molar-refractivity contribution in [3.63, 3.8) is 0 Å². The molecule has 0 aliphatic rings. The van der Waals surface area contributed by atoms with E-state index in [1.54, 1.807) is 13.3 Å². The number of pyridine rings is 1. The lowest BCUT2D eigenvalue weighted by molar-refractivity contribution is 0.318. The molecule has 0 spiro atoms. The normalized spacial score (nSPS) is 10.6. The molecule has 0 fully saturated rings. The van der Waals surface area contributed by atoms with Crippen LogP contribution in [0.15, 0.2) is 42.6 Å². The number of nitrogens with two attached hydrogens (primary N) is 1. The van der Waals surface area contributed by atoms with Crippen LogP contribution >= 0.6 is 12.2 Å². The van der Waals surface area contributed by atoms with Crippen LogP contribution < -0.4 is 10.5 Å². The van der Waals surface area contributed by atoms with Crippen molar-refractivity contribution in [1.29, 1.82) is 0 Å². The van der Waals surface area contributed by atoms with Gasteiger partial charge in [0.1, 0.15) is 16.4 Å². The Morgan fingerprint density at radius 3 is 2.57 bits per heavy atom. The lowest BCUT2D eigenvalue weighted by Crippen LogP contribution is -2.21. The minimum Gasteiger partial charge on any atom is -0.497 e. The molecule has 110 valence electrons. The van der Waals surface area contributed by atoms with Gasteiger partial charge in [-0.2, -0.15) is 0 Å². The first kappa shape index (κ1) is 15.4. The second-order valence-electron chi connectivity index (χ2n) is 4.90. The number of aromatic nitrogens is 1. The Labute approximate surface area is 130 Å². The van der Waals surface area contributed by atoms with Gasteiger partial charge in [0.15, 0.2) is 0 Å².